The second-order valence-corrected chi connectivity index (χ2v) is 10.6. The molecule has 0 aliphatic heterocycles. The van der Waals surface area contributed by atoms with Crippen LogP contribution < -0.4 is 4.90 Å². The average molecular weight is 478 g/mol. The fourth-order valence-electron chi connectivity index (χ4n) is 5.60. The second kappa shape index (κ2) is 8.55. The summed E-state index contributed by atoms with van der Waals surface area (Å²) in [6.07, 6.45) is 8.00. The van der Waals surface area contributed by atoms with Crippen molar-refractivity contribution in [1.82, 2.24) is 25.4 Å². The topological polar surface area (TPSA) is 112 Å². The molecular weight excluding hydrogens is 453 g/mol. The van der Waals surface area contributed by atoms with Crippen molar-refractivity contribution < 1.29 is 9.50 Å². The Kier molecular flexibility index (Phi) is 5.37. The Morgan fingerprint density at radius 3 is 2.68 bits per heavy atom. The van der Waals surface area contributed by atoms with Crippen molar-refractivity contribution >= 4 is 17.3 Å². The molecule has 0 amide bonds. The van der Waals surface area contributed by atoms with Crippen molar-refractivity contribution in [2.75, 3.05) is 4.90 Å². The SMILES string of the molecule is N#Cc1nnc(-c2ccc(-c3cnc(N(C4CC4)[C@H]4C[C@H]5CCC[C@H](C5)[C@H]4F)nn3)c(O)c2)s1. The van der Waals surface area contributed by atoms with E-state index < -0.39 is 6.17 Å². The predicted octanol–water partition coefficient (Wildman–Crippen LogP) is 4.52. The molecule has 1 aromatic carbocycles. The number of hydrogen-bond donors (Lipinski definition) is 1. The minimum absolute atomic E-state index is 0.0121. The first-order valence-electron chi connectivity index (χ1n) is 11.8. The Labute approximate surface area is 200 Å². The minimum atomic E-state index is -0.848. The van der Waals surface area contributed by atoms with E-state index >= 15 is 4.39 Å². The molecule has 2 heterocycles. The second-order valence-electron chi connectivity index (χ2n) is 9.58. The lowest BCUT2D eigenvalue weighted by Gasteiger charge is -2.46. The Hall–Kier alpha value is -3.19. The molecule has 3 aromatic rings. The molecule has 10 heteroatoms. The van der Waals surface area contributed by atoms with Crippen LogP contribution in [0.25, 0.3) is 21.8 Å². The zero-order valence-electron chi connectivity index (χ0n) is 18.5. The molecule has 0 spiro atoms. The highest BCUT2D eigenvalue weighted by Crippen LogP contribution is 2.46. The maximum atomic E-state index is 15.5. The molecule has 2 bridgehead atoms. The van der Waals surface area contributed by atoms with Crippen LogP contribution in [0, 0.1) is 23.2 Å². The van der Waals surface area contributed by atoms with Gasteiger partial charge in [0.25, 0.3) is 0 Å². The number of aromatic hydroxyl groups is 1. The number of phenols is 1. The molecule has 3 saturated carbocycles. The fourth-order valence-corrected chi connectivity index (χ4v) is 6.24. The van der Waals surface area contributed by atoms with Crippen molar-refractivity contribution in [3.8, 4) is 33.6 Å². The molecule has 2 aromatic heterocycles. The Morgan fingerprint density at radius 2 is 1.97 bits per heavy atom. The highest BCUT2D eigenvalue weighted by Gasteiger charge is 2.47. The highest BCUT2D eigenvalue weighted by molar-refractivity contribution is 7.15. The number of rotatable bonds is 5. The molecule has 34 heavy (non-hydrogen) atoms. The van der Waals surface area contributed by atoms with Crippen LogP contribution in [0.4, 0.5) is 10.3 Å². The fraction of sp³-hybridized carbons (Fsp3) is 0.500. The van der Waals surface area contributed by atoms with Gasteiger partial charge in [-0.2, -0.15) is 5.26 Å². The van der Waals surface area contributed by atoms with Gasteiger partial charge < -0.3 is 10.0 Å². The van der Waals surface area contributed by atoms with Gasteiger partial charge >= 0.3 is 0 Å². The van der Waals surface area contributed by atoms with Gasteiger partial charge in [0, 0.05) is 17.2 Å². The van der Waals surface area contributed by atoms with Crippen molar-refractivity contribution in [3.63, 3.8) is 0 Å². The number of halogens is 1. The van der Waals surface area contributed by atoms with E-state index in [0.29, 0.717) is 33.7 Å². The third-order valence-corrected chi connectivity index (χ3v) is 8.21. The Bertz CT molecular complexity index is 1240. The quantitative estimate of drug-likeness (QED) is 0.571. The third kappa shape index (κ3) is 3.88. The first-order chi connectivity index (χ1) is 16.6. The van der Waals surface area contributed by atoms with Crippen LogP contribution >= 0.6 is 11.3 Å². The Morgan fingerprint density at radius 1 is 1.09 bits per heavy atom. The number of benzene rings is 1. The first kappa shape index (κ1) is 21.4. The number of nitriles is 1. The van der Waals surface area contributed by atoms with E-state index in [0.717, 1.165) is 49.9 Å². The summed E-state index contributed by atoms with van der Waals surface area (Å²) in [5, 5.41) is 36.9. The van der Waals surface area contributed by atoms with Crippen molar-refractivity contribution in [1.29, 1.82) is 5.26 Å². The molecular formula is C24H24FN7OS. The summed E-state index contributed by atoms with van der Waals surface area (Å²) in [6, 6.07) is 7.15. The minimum Gasteiger partial charge on any atom is -0.507 e. The summed E-state index contributed by atoms with van der Waals surface area (Å²) in [7, 11) is 0. The van der Waals surface area contributed by atoms with E-state index in [1.165, 1.54) is 6.42 Å². The van der Waals surface area contributed by atoms with Crippen LogP contribution in [0.2, 0.25) is 0 Å². The number of fused-ring (bicyclic) bond motifs is 2. The molecule has 0 saturated heterocycles. The number of hydrogen-bond acceptors (Lipinski definition) is 9. The van der Waals surface area contributed by atoms with Crippen molar-refractivity contribution in [2.24, 2.45) is 11.8 Å². The van der Waals surface area contributed by atoms with Gasteiger partial charge in [0.15, 0.2) is 0 Å². The van der Waals surface area contributed by atoms with Crippen LogP contribution in [-0.4, -0.2) is 48.7 Å². The lowest BCUT2D eigenvalue weighted by Crippen LogP contribution is -2.52. The average Bonchev–Trinajstić information content (AvgIpc) is 3.57. The number of anilines is 1. The van der Waals surface area contributed by atoms with Crippen LogP contribution in [0.15, 0.2) is 24.4 Å². The first-order valence-corrected chi connectivity index (χ1v) is 12.6. The lowest BCUT2D eigenvalue weighted by molar-refractivity contribution is 0.0628. The number of alkyl halides is 1. The summed E-state index contributed by atoms with van der Waals surface area (Å²) in [5.74, 6) is 1.24. The number of aromatic nitrogens is 5. The standard InChI is InChI=1S/C24H24FN7OS/c25-22-14-3-1-2-13(8-14)9-19(22)32(16-5-6-16)24-27-12-18(28-31-24)17-7-4-15(10-20(17)33)23-30-29-21(11-26)34-23/h4,7,10,12-14,16,19,22,33H,1-3,5-6,8-9H2/t13-,14+,19-,22+/m0/s1. The molecule has 3 aliphatic carbocycles. The van der Waals surface area contributed by atoms with Gasteiger partial charge in [-0.1, -0.05) is 30.2 Å². The maximum absolute atomic E-state index is 15.5. The molecule has 8 nitrogen and oxygen atoms in total. The zero-order valence-corrected chi connectivity index (χ0v) is 19.3. The molecule has 3 fully saturated rings. The number of phenolic OH excluding ortho intramolecular Hbond substituents is 1. The molecule has 0 unspecified atom stereocenters. The van der Waals surface area contributed by atoms with Crippen LogP contribution in [0.5, 0.6) is 5.75 Å². The van der Waals surface area contributed by atoms with Crippen LogP contribution in [0.1, 0.15) is 50.0 Å². The van der Waals surface area contributed by atoms with Crippen molar-refractivity contribution in [3.05, 3.63) is 29.4 Å². The van der Waals surface area contributed by atoms with Gasteiger partial charge in [0.2, 0.25) is 11.0 Å². The number of nitrogens with zero attached hydrogens (tertiary/aromatic N) is 7. The monoisotopic (exact) mass is 477 g/mol. The van der Waals surface area contributed by atoms with Crippen LogP contribution in [-0.2, 0) is 0 Å². The summed E-state index contributed by atoms with van der Waals surface area (Å²) in [6.45, 7) is 0. The normalized spacial score (nSPS) is 26.1. The van der Waals surface area contributed by atoms with Gasteiger partial charge in [0.05, 0.1) is 12.2 Å². The van der Waals surface area contributed by atoms with E-state index in [-0.39, 0.29) is 28.8 Å². The molecule has 174 valence electrons. The van der Waals surface area contributed by atoms with E-state index in [9.17, 15) is 5.11 Å². The zero-order chi connectivity index (χ0) is 23.2. The van der Waals surface area contributed by atoms with Gasteiger partial charge in [-0.05, 0) is 56.1 Å². The highest BCUT2D eigenvalue weighted by atomic mass is 32.1. The molecule has 4 atom stereocenters. The van der Waals surface area contributed by atoms with Gasteiger partial charge in [-0.3, -0.25) is 0 Å². The van der Waals surface area contributed by atoms with E-state index in [4.69, 9.17) is 5.26 Å². The molecule has 3 aliphatic rings. The lowest BCUT2D eigenvalue weighted by atomic mass is 9.69. The van der Waals surface area contributed by atoms with Gasteiger partial charge in [-0.25, -0.2) is 9.37 Å². The van der Waals surface area contributed by atoms with E-state index in [1.807, 2.05) is 6.07 Å². The van der Waals surface area contributed by atoms with E-state index in [2.05, 4.69) is 30.3 Å². The van der Waals surface area contributed by atoms with Crippen molar-refractivity contribution in [2.45, 2.75) is 63.2 Å². The molecule has 1 N–H and O–H groups in total. The molecule has 6 rings (SSSR count). The summed E-state index contributed by atoms with van der Waals surface area (Å²) >= 11 is 1.16. The summed E-state index contributed by atoms with van der Waals surface area (Å²) < 4.78 is 15.5. The predicted molar refractivity (Wildman–Crippen MR) is 125 cm³/mol. The maximum Gasteiger partial charge on any atom is 0.245 e. The van der Waals surface area contributed by atoms with Gasteiger partial charge in [0.1, 0.15) is 28.7 Å². The third-order valence-electron chi connectivity index (χ3n) is 7.34. The molecule has 0 radical (unpaired) electrons. The Balaban J connectivity index is 1.25. The smallest absolute Gasteiger partial charge is 0.245 e. The van der Waals surface area contributed by atoms with E-state index in [1.54, 1.807) is 24.4 Å². The van der Waals surface area contributed by atoms with Crippen LogP contribution in [0.3, 0.4) is 0 Å². The summed E-state index contributed by atoms with van der Waals surface area (Å²) in [5.41, 5.74) is 1.60. The largest absolute Gasteiger partial charge is 0.507 e. The van der Waals surface area contributed by atoms with Gasteiger partial charge in [-0.15, -0.1) is 20.4 Å². The summed E-state index contributed by atoms with van der Waals surface area (Å²) in [4.78, 5) is 6.67.